The van der Waals surface area contributed by atoms with Crippen molar-refractivity contribution in [3.05, 3.63) is 75.8 Å². The van der Waals surface area contributed by atoms with Crippen LogP contribution in [-0.2, 0) is 20.7 Å². The molecule has 1 atom stereocenters. The first-order valence-electron chi connectivity index (χ1n) is 10.1. The predicted molar refractivity (Wildman–Crippen MR) is 123 cm³/mol. The van der Waals surface area contributed by atoms with Gasteiger partial charge in [0.1, 0.15) is 0 Å². The summed E-state index contributed by atoms with van der Waals surface area (Å²) in [6.07, 6.45) is 1.03. The van der Waals surface area contributed by atoms with Crippen molar-refractivity contribution < 1.29 is 19.1 Å². The van der Waals surface area contributed by atoms with Gasteiger partial charge in [0, 0.05) is 18.0 Å². The Bertz CT molecular complexity index is 1090. The van der Waals surface area contributed by atoms with Crippen molar-refractivity contribution in [1.29, 1.82) is 5.26 Å². The molecule has 3 rings (SSSR count). The SMILES string of the molecule is CCc1ccc(NC(=O)CSC2=C(C#N)[C@H](c3ccc(C(=O)OC)cc3)CC(=O)N2)cc1. The summed E-state index contributed by atoms with van der Waals surface area (Å²) in [5.41, 5.74) is 3.38. The normalized spacial score (nSPS) is 15.5. The van der Waals surface area contributed by atoms with Crippen molar-refractivity contribution in [2.75, 3.05) is 18.2 Å². The Morgan fingerprint density at radius 3 is 2.47 bits per heavy atom. The molecule has 164 valence electrons. The van der Waals surface area contributed by atoms with Crippen LogP contribution in [0.25, 0.3) is 0 Å². The number of ether oxygens (including phenoxy) is 1. The number of hydrogen-bond acceptors (Lipinski definition) is 6. The zero-order chi connectivity index (χ0) is 23.1. The van der Waals surface area contributed by atoms with Gasteiger partial charge in [-0.15, -0.1) is 0 Å². The van der Waals surface area contributed by atoms with Crippen molar-refractivity contribution in [2.45, 2.75) is 25.7 Å². The number of aryl methyl sites for hydroxylation is 1. The van der Waals surface area contributed by atoms with E-state index in [1.54, 1.807) is 24.3 Å². The maximum atomic E-state index is 12.4. The maximum Gasteiger partial charge on any atom is 0.337 e. The number of amides is 2. The van der Waals surface area contributed by atoms with Gasteiger partial charge < -0.3 is 15.4 Å². The van der Waals surface area contributed by atoms with Gasteiger partial charge in [-0.2, -0.15) is 5.26 Å². The van der Waals surface area contributed by atoms with Gasteiger partial charge in [-0.25, -0.2) is 4.79 Å². The van der Waals surface area contributed by atoms with Crippen molar-refractivity contribution >= 4 is 35.2 Å². The van der Waals surface area contributed by atoms with Gasteiger partial charge in [-0.3, -0.25) is 9.59 Å². The van der Waals surface area contributed by atoms with Crippen LogP contribution in [0.4, 0.5) is 5.69 Å². The average molecular weight is 450 g/mol. The number of nitrogens with zero attached hydrogens (tertiary/aromatic N) is 1. The van der Waals surface area contributed by atoms with Crippen LogP contribution in [0.1, 0.15) is 40.7 Å². The molecular formula is C24H23N3O4S. The van der Waals surface area contributed by atoms with Crippen LogP contribution in [0.5, 0.6) is 0 Å². The monoisotopic (exact) mass is 449 g/mol. The zero-order valence-electron chi connectivity index (χ0n) is 17.8. The third kappa shape index (κ3) is 5.56. The van der Waals surface area contributed by atoms with Crippen molar-refractivity contribution in [3.63, 3.8) is 0 Å². The summed E-state index contributed by atoms with van der Waals surface area (Å²) >= 11 is 1.12. The molecule has 0 spiro atoms. The summed E-state index contributed by atoms with van der Waals surface area (Å²) in [5.74, 6) is -1.33. The van der Waals surface area contributed by atoms with E-state index in [9.17, 15) is 19.6 Å². The number of allylic oxidation sites excluding steroid dienone is 1. The average Bonchev–Trinajstić information content (AvgIpc) is 2.82. The number of thioether (sulfide) groups is 1. The van der Waals surface area contributed by atoms with Gasteiger partial charge in [0.25, 0.3) is 0 Å². The smallest absolute Gasteiger partial charge is 0.337 e. The number of anilines is 1. The van der Waals surface area contributed by atoms with Gasteiger partial charge in [-0.1, -0.05) is 43.0 Å². The number of carbonyl (C=O) groups is 3. The Morgan fingerprint density at radius 2 is 1.88 bits per heavy atom. The van der Waals surface area contributed by atoms with Crippen molar-refractivity contribution in [1.82, 2.24) is 5.32 Å². The molecule has 7 nitrogen and oxygen atoms in total. The minimum atomic E-state index is -0.458. The largest absolute Gasteiger partial charge is 0.465 e. The summed E-state index contributed by atoms with van der Waals surface area (Å²) in [4.78, 5) is 36.3. The number of hydrogen-bond donors (Lipinski definition) is 2. The van der Waals surface area contributed by atoms with Crippen LogP contribution < -0.4 is 10.6 Å². The number of nitriles is 1. The van der Waals surface area contributed by atoms with Gasteiger partial charge in [0.05, 0.1) is 35.1 Å². The van der Waals surface area contributed by atoms with E-state index in [-0.39, 0.29) is 24.0 Å². The van der Waals surface area contributed by atoms with E-state index in [4.69, 9.17) is 4.74 Å². The highest BCUT2D eigenvalue weighted by molar-refractivity contribution is 8.03. The Labute approximate surface area is 190 Å². The predicted octanol–water partition coefficient (Wildman–Crippen LogP) is 3.75. The molecule has 1 aliphatic heterocycles. The van der Waals surface area contributed by atoms with E-state index in [0.29, 0.717) is 21.9 Å². The van der Waals surface area contributed by atoms with Crippen LogP contribution in [0.3, 0.4) is 0 Å². The molecule has 0 unspecified atom stereocenters. The van der Waals surface area contributed by atoms with E-state index in [0.717, 1.165) is 23.7 Å². The highest BCUT2D eigenvalue weighted by Gasteiger charge is 2.30. The van der Waals surface area contributed by atoms with Crippen molar-refractivity contribution in [3.8, 4) is 6.07 Å². The highest BCUT2D eigenvalue weighted by Crippen LogP contribution is 2.36. The van der Waals surface area contributed by atoms with Crippen molar-refractivity contribution in [2.24, 2.45) is 0 Å². The number of methoxy groups -OCH3 is 1. The molecule has 0 saturated heterocycles. The standard InChI is InChI=1S/C24H23N3O4S/c1-3-15-4-10-18(11-5-15)26-22(29)14-32-23-20(13-25)19(12-21(28)27-23)16-6-8-17(9-7-16)24(30)31-2/h4-11,19H,3,12,14H2,1-2H3,(H,26,29)(H,27,28)/t19-/m0/s1. The summed E-state index contributed by atoms with van der Waals surface area (Å²) in [6.45, 7) is 2.06. The molecule has 0 aromatic heterocycles. The van der Waals surface area contributed by atoms with Crippen LogP contribution >= 0.6 is 11.8 Å². The zero-order valence-corrected chi connectivity index (χ0v) is 18.6. The number of nitrogens with one attached hydrogen (secondary N) is 2. The van der Waals surface area contributed by atoms with E-state index in [1.807, 2.05) is 24.3 Å². The second kappa shape index (κ2) is 10.6. The van der Waals surface area contributed by atoms with Crippen LogP contribution in [0.2, 0.25) is 0 Å². The molecule has 32 heavy (non-hydrogen) atoms. The highest BCUT2D eigenvalue weighted by atomic mass is 32.2. The fourth-order valence-corrected chi connectivity index (χ4v) is 4.22. The fourth-order valence-electron chi connectivity index (χ4n) is 3.35. The Balaban J connectivity index is 1.73. The van der Waals surface area contributed by atoms with Crippen LogP contribution in [-0.4, -0.2) is 30.6 Å². The Hall–Kier alpha value is -3.57. The third-order valence-electron chi connectivity index (χ3n) is 5.08. The second-order valence-corrected chi connectivity index (χ2v) is 8.15. The molecule has 0 fully saturated rings. The summed E-state index contributed by atoms with van der Waals surface area (Å²) in [5, 5.41) is 15.7. The molecule has 0 saturated carbocycles. The maximum absolute atomic E-state index is 12.4. The summed E-state index contributed by atoms with van der Waals surface area (Å²) in [6, 6.07) is 16.4. The third-order valence-corrected chi connectivity index (χ3v) is 6.10. The lowest BCUT2D eigenvalue weighted by Gasteiger charge is -2.25. The van der Waals surface area contributed by atoms with Crippen LogP contribution in [0.15, 0.2) is 59.1 Å². The van der Waals surface area contributed by atoms with Crippen LogP contribution in [0, 0.1) is 11.3 Å². The number of carbonyl (C=O) groups excluding carboxylic acids is 3. The molecule has 2 N–H and O–H groups in total. The molecule has 0 aliphatic carbocycles. The fraction of sp³-hybridized carbons (Fsp3) is 0.250. The van der Waals surface area contributed by atoms with Gasteiger partial charge in [-0.05, 0) is 41.8 Å². The van der Waals surface area contributed by atoms with Gasteiger partial charge in [0.15, 0.2) is 0 Å². The summed E-state index contributed by atoms with van der Waals surface area (Å²) in [7, 11) is 1.30. The molecule has 2 amide bonds. The Kier molecular flexibility index (Phi) is 7.68. The molecule has 1 aliphatic rings. The topological polar surface area (TPSA) is 108 Å². The minimum Gasteiger partial charge on any atom is -0.465 e. The first kappa shape index (κ1) is 23.1. The number of benzene rings is 2. The molecule has 2 aromatic rings. The molecule has 0 bridgehead atoms. The number of rotatable bonds is 7. The Morgan fingerprint density at radius 1 is 1.19 bits per heavy atom. The molecule has 2 aromatic carbocycles. The van der Waals surface area contributed by atoms with E-state index < -0.39 is 11.9 Å². The second-order valence-electron chi connectivity index (χ2n) is 7.16. The first-order chi connectivity index (χ1) is 15.4. The molecule has 0 radical (unpaired) electrons. The van der Waals surface area contributed by atoms with Gasteiger partial charge in [0.2, 0.25) is 11.8 Å². The van der Waals surface area contributed by atoms with Gasteiger partial charge >= 0.3 is 5.97 Å². The van der Waals surface area contributed by atoms with E-state index in [2.05, 4.69) is 23.6 Å². The van der Waals surface area contributed by atoms with E-state index in [1.165, 1.54) is 12.7 Å². The number of esters is 1. The lowest BCUT2D eigenvalue weighted by atomic mass is 9.87. The molecular weight excluding hydrogens is 426 g/mol. The van der Waals surface area contributed by atoms with E-state index >= 15 is 0 Å². The molecule has 8 heteroatoms. The lowest BCUT2D eigenvalue weighted by Crippen LogP contribution is -2.31. The first-order valence-corrected chi connectivity index (χ1v) is 11.1. The lowest BCUT2D eigenvalue weighted by molar-refractivity contribution is -0.121. The minimum absolute atomic E-state index is 0.0460. The molecule has 1 heterocycles. The quantitative estimate of drug-likeness (QED) is 0.624. The summed E-state index contributed by atoms with van der Waals surface area (Å²) < 4.78 is 4.70.